The average molecular weight is 242 g/mol. The van der Waals surface area contributed by atoms with E-state index in [1.54, 1.807) is 12.4 Å². The highest BCUT2D eigenvalue weighted by molar-refractivity contribution is 5.90. The van der Waals surface area contributed by atoms with Crippen LogP contribution in [0.2, 0.25) is 0 Å². The minimum absolute atomic E-state index is 0.131. The molecule has 0 aliphatic carbocycles. The Kier molecular flexibility index (Phi) is 3.67. The maximum Gasteiger partial charge on any atom is 0.196 e. The number of Topliss-reactive ketones (excluding diaryl/α,β-unsaturated/α-hetero) is 1. The van der Waals surface area contributed by atoms with Gasteiger partial charge in [0.05, 0.1) is 6.61 Å². The molecule has 0 aliphatic rings. The number of hydrogen-bond donors (Lipinski definition) is 0. The van der Waals surface area contributed by atoms with Crippen molar-refractivity contribution in [2.75, 3.05) is 6.61 Å². The molecule has 0 amide bonds. The predicted molar refractivity (Wildman–Crippen MR) is 68.6 cm³/mol. The van der Waals surface area contributed by atoms with Gasteiger partial charge < -0.3 is 4.74 Å². The van der Waals surface area contributed by atoms with E-state index in [9.17, 15) is 4.79 Å². The third-order valence-corrected chi connectivity index (χ3v) is 2.47. The van der Waals surface area contributed by atoms with Crippen molar-refractivity contribution in [1.82, 2.24) is 9.97 Å². The highest BCUT2D eigenvalue weighted by Gasteiger charge is 2.04. The highest BCUT2D eigenvalue weighted by Crippen LogP contribution is 2.21. The fraction of sp³-hybridized carbons (Fsp3) is 0.214. The monoisotopic (exact) mass is 242 g/mol. The van der Waals surface area contributed by atoms with Crippen LogP contribution in [0.3, 0.4) is 0 Å². The summed E-state index contributed by atoms with van der Waals surface area (Å²) in [5.74, 6) is 0.945. The molecule has 1 aromatic carbocycles. The summed E-state index contributed by atoms with van der Waals surface area (Å²) in [6, 6.07) is 7.68. The number of aromatic nitrogens is 2. The molecular weight excluding hydrogens is 228 g/mol. The largest absolute Gasteiger partial charge is 0.494 e. The van der Waals surface area contributed by atoms with Crippen LogP contribution in [0.5, 0.6) is 5.75 Å². The fourth-order valence-corrected chi connectivity index (χ4v) is 1.57. The maximum absolute atomic E-state index is 11.1. The van der Waals surface area contributed by atoms with E-state index in [0.717, 1.165) is 16.9 Å². The molecule has 1 aromatic heterocycles. The van der Waals surface area contributed by atoms with Crippen LogP contribution >= 0.6 is 0 Å². The van der Waals surface area contributed by atoms with Gasteiger partial charge in [0.2, 0.25) is 0 Å². The lowest BCUT2D eigenvalue weighted by Gasteiger charge is -2.05. The third kappa shape index (κ3) is 2.71. The molecule has 92 valence electrons. The van der Waals surface area contributed by atoms with Gasteiger partial charge >= 0.3 is 0 Å². The predicted octanol–water partition coefficient (Wildman–Crippen LogP) is 2.74. The van der Waals surface area contributed by atoms with E-state index in [0.29, 0.717) is 6.61 Å². The van der Waals surface area contributed by atoms with E-state index in [1.807, 2.05) is 31.2 Å². The van der Waals surface area contributed by atoms with Gasteiger partial charge in [0.15, 0.2) is 11.6 Å². The first-order valence-corrected chi connectivity index (χ1v) is 5.77. The van der Waals surface area contributed by atoms with Crippen molar-refractivity contribution in [2.24, 2.45) is 0 Å². The molecule has 18 heavy (non-hydrogen) atoms. The van der Waals surface area contributed by atoms with E-state index in [2.05, 4.69) is 9.97 Å². The lowest BCUT2D eigenvalue weighted by Crippen LogP contribution is -2.00. The molecule has 0 atom stereocenters. The molecule has 1 heterocycles. The number of rotatable bonds is 4. The first-order chi connectivity index (χ1) is 8.70. The second kappa shape index (κ2) is 5.40. The Hall–Kier alpha value is -2.23. The van der Waals surface area contributed by atoms with Gasteiger partial charge in [-0.05, 0) is 24.6 Å². The number of nitrogens with zero attached hydrogens (tertiary/aromatic N) is 2. The van der Waals surface area contributed by atoms with E-state index in [-0.39, 0.29) is 11.6 Å². The lowest BCUT2D eigenvalue weighted by atomic mass is 10.1. The number of hydrogen-bond acceptors (Lipinski definition) is 4. The first-order valence-electron chi connectivity index (χ1n) is 5.77. The molecular formula is C14H14N2O2. The Morgan fingerprint density at radius 1 is 1.11 bits per heavy atom. The Morgan fingerprint density at radius 2 is 1.72 bits per heavy atom. The molecule has 0 spiro atoms. The van der Waals surface area contributed by atoms with Crippen LogP contribution in [-0.4, -0.2) is 22.4 Å². The average Bonchev–Trinajstić information content (AvgIpc) is 2.40. The number of ether oxygens (including phenoxy) is 1. The molecule has 0 aliphatic heterocycles. The van der Waals surface area contributed by atoms with Crippen molar-refractivity contribution in [3.8, 4) is 16.9 Å². The Morgan fingerprint density at radius 3 is 2.22 bits per heavy atom. The molecule has 4 heteroatoms. The van der Waals surface area contributed by atoms with Gasteiger partial charge in [-0.25, -0.2) is 9.97 Å². The van der Waals surface area contributed by atoms with Crippen LogP contribution in [0.15, 0.2) is 36.7 Å². The molecule has 0 saturated heterocycles. The van der Waals surface area contributed by atoms with Crippen LogP contribution in [0, 0.1) is 0 Å². The molecule has 0 N–H and O–H groups in total. The summed E-state index contributed by atoms with van der Waals surface area (Å²) in [4.78, 5) is 19.1. The zero-order valence-corrected chi connectivity index (χ0v) is 10.4. The van der Waals surface area contributed by atoms with Gasteiger partial charge in [-0.15, -0.1) is 0 Å². The Balaban J connectivity index is 2.23. The first kappa shape index (κ1) is 12.2. The van der Waals surface area contributed by atoms with Crippen molar-refractivity contribution in [1.29, 1.82) is 0 Å². The molecule has 0 fully saturated rings. The summed E-state index contributed by atoms with van der Waals surface area (Å²) in [6.45, 7) is 4.05. The summed E-state index contributed by atoms with van der Waals surface area (Å²) < 4.78 is 5.37. The summed E-state index contributed by atoms with van der Waals surface area (Å²) >= 11 is 0. The molecule has 2 rings (SSSR count). The number of carbonyl (C=O) groups excluding carboxylic acids is 1. The van der Waals surface area contributed by atoms with Gasteiger partial charge in [-0.2, -0.15) is 0 Å². The van der Waals surface area contributed by atoms with E-state index in [1.165, 1.54) is 6.92 Å². The number of ketones is 1. The van der Waals surface area contributed by atoms with Crippen molar-refractivity contribution in [3.05, 3.63) is 42.5 Å². The van der Waals surface area contributed by atoms with E-state index in [4.69, 9.17) is 4.74 Å². The van der Waals surface area contributed by atoms with Crippen LogP contribution in [0.1, 0.15) is 24.5 Å². The second-order valence-electron chi connectivity index (χ2n) is 3.81. The van der Waals surface area contributed by atoms with Crippen molar-refractivity contribution < 1.29 is 9.53 Å². The standard InChI is InChI=1S/C14H14N2O2/c1-3-18-13-6-4-11(5-7-13)12-8-15-14(10(2)17)16-9-12/h4-9H,3H2,1-2H3. The molecule has 0 saturated carbocycles. The van der Waals surface area contributed by atoms with Gasteiger partial charge in [0.1, 0.15) is 5.75 Å². The van der Waals surface area contributed by atoms with Crippen LogP contribution < -0.4 is 4.74 Å². The minimum atomic E-state index is -0.131. The maximum atomic E-state index is 11.1. The van der Waals surface area contributed by atoms with E-state index < -0.39 is 0 Å². The molecule has 0 radical (unpaired) electrons. The van der Waals surface area contributed by atoms with Crippen molar-refractivity contribution in [2.45, 2.75) is 13.8 Å². The summed E-state index contributed by atoms with van der Waals surface area (Å²) in [7, 11) is 0. The van der Waals surface area contributed by atoms with Gasteiger partial charge in [0.25, 0.3) is 0 Å². The molecule has 0 bridgehead atoms. The molecule has 2 aromatic rings. The van der Waals surface area contributed by atoms with Gasteiger partial charge in [-0.3, -0.25) is 4.79 Å². The Bertz CT molecular complexity index is 533. The lowest BCUT2D eigenvalue weighted by molar-refractivity contribution is 0.100. The zero-order valence-electron chi connectivity index (χ0n) is 10.4. The van der Waals surface area contributed by atoms with Crippen LogP contribution in [0.25, 0.3) is 11.1 Å². The second-order valence-corrected chi connectivity index (χ2v) is 3.81. The van der Waals surface area contributed by atoms with Crippen LogP contribution in [-0.2, 0) is 0 Å². The van der Waals surface area contributed by atoms with E-state index >= 15 is 0 Å². The minimum Gasteiger partial charge on any atom is -0.494 e. The van der Waals surface area contributed by atoms with Gasteiger partial charge in [0, 0.05) is 24.9 Å². The topological polar surface area (TPSA) is 52.1 Å². The van der Waals surface area contributed by atoms with Crippen molar-refractivity contribution >= 4 is 5.78 Å². The smallest absolute Gasteiger partial charge is 0.196 e. The normalized spacial score (nSPS) is 10.1. The summed E-state index contributed by atoms with van der Waals surface area (Å²) in [5, 5.41) is 0. The molecule has 4 nitrogen and oxygen atoms in total. The SMILES string of the molecule is CCOc1ccc(-c2cnc(C(C)=O)nc2)cc1. The molecule has 0 unspecified atom stereocenters. The number of carbonyl (C=O) groups is 1. The van der Waals surface area contributed by atoms with Crippen LogP contribution in [0.4, 0.5) is 0 Å². The van der Waals surface area contributed by atoms with Gasteiger partial charge in [-0.1, -0.05) is 12.1 Å². The Labute approximate surface area is 106 Å². The third-order valence-electron chi connectivity index (χ3n) is 2.47. The van der Waals surface area contributed by atoms with Crippen molar-refractivity contribution in [3.63, 3.8) is 0 Å². The highest BCUT2D eigenvalue weighted by atomic mass is 16.5. The zero-order chi connectivity index (χ0) is 13.0. The quantitative estimate of drug-likeness (QED) is 0.773. The number of benzene rings is 1. The summed E-state index contributed by atoms with van der Waals surface area (Å²) in [6.07, 6.45) is 3.30. The fourth-order valence-electron chi connectivity index (χ4n) is 1.57. The summed E-state index contributed by atoms with van der Waals surface area (Å²) in [5.41, 5.74) is 1.87.